The van der Waals surface area contributed by atoms with Crippen molar-refractivity contribution < 1.29 is 4.79 Å². The fraction of sp³-hybridized carbons (Fsp3) is 0.300. The van der Waals surface area contributed by atoms with E-state index in [0.717, 1.165) is 16.9 Å². The van der Waals surface area contributed by atoms with Gasteiger partial charge < -0.3 is 0 Å². The average Bonchev–Trinajstić information content (AvgIpc) is 2.48. The molecule has 0 aromatic heterocycles. The molecule has 2 rings (SSSR count). The predicted octanol–water partition coefficient (Wildman–Crippen LogP) is 4.19. The number of allylic oxidation sites excluding steroid dienone is 7. The van der Waals surface area contributed by atoms with E-state index in [1.165, 1.54) is 6.08 Å². The second kappa shape index (κ2) is 5.77. The molecule has 2 nitrogen and oxygen atoms in total. The first kappa shape index (κ1) is 16.0. The lowest BCUT2D eigenvalue weighted by atomic mass is 9.64. The van der Waals surface area contributed by atoms with E-state index in [-0.39, 0.29) is 11.7 Å². The van der Waals surface area contributed by atoms with Crippen LogP contribution in [0.5, 0.6) is 0 Å². The van der Waals surface area contributed by atoms with Crippen molar-refractivity contribution in [3.63, 3.8) is 0 Å². The number of fused-ring (bicyclic) bond motifs is 1. The van der Waals surface area contributed by atoms with E-state index in [2.05, 4.69) is 19.1 Å². The van der Waals surface area contributed by atoms with E-state index in [0.29, 0.717) is 17.7 Å². The van der Waals surface area contributed by atoms with Gasteiger partial charge in [0, 0.05) is 6.08 Å². The molecule has 0 aromatic rings. The van der Waals surface area contributed by atoms with Gasteiger partial charge in [0.2, 0.25) is 0 Å². The number of ketones is 1. The topological polar surface area (TPSA) is 29.4 Å². The minimum Gasteiger partial charge on any atom is -0.293 e. The van der Waals surface area contributed by atoms with Gasteiger partial charge in [0.1, 0.15) is 0 Å². The van der Waals surface area contributed by atoms with Crippen LogP contribution in [0, 0.1) is 23.7 Å². The maximum atomic E-state index is 13.2. The third kappa shape index (κ3) is 2.33. The SMILES string of the molecule is C#C/C=C1/C(=O)C2(C)C(=N/C1=C/C)C(=C)CC(=C)/C=C\[C@H]2C. The predicted molar refractivity (Wildman–Crippen MR) is 92.4 cm³/mol. The molecule has 0 aromatic carbocycles. The van der Waals surface area contributed by atoms with Crippen molar-refractivity contribution in [3.8, 4) is 12.3 Å². The van der Waals surface area contributed by atoms with Gasteiger partial charge in [-0.2, -0.15) is 0 Å². The van der Waals surface area contributed by atoms with Crippen LogP contribution in [0.3, 0.4) is 0 Å². The average molecular weight is 291 g/mol. The van der Waals surface area contributed by atoms with E-state index in [9.17, 15) is 4.79 Å². The van der Waals surface area contributed by atoms with Gasteiger partial charge in [-0.05, 0) is 31.8 Å². The van der Waals surface area contributed by atoms with Gasteiger partial charge in [0.15, 0.2) is 5.78 Å². The minimum absolute atomic E-state index is 0.00867. The molecule has 0 saturated carbocycles. The molecule has 1 aliphatic carbocycles. The van der Waals surface area contributed by atoms with Crippen LogP contribution in [0.15, 0.2) is 64.9 Å². The van der Waals surface area contributed by atoms with Gasteiger partial charge >= 0.3 is 0 Å². The second-order valence-electron chi connectivity index (χ2n) is 5.98. The van der Waals surface area contributed by atoms with Crippen LogP contribution in [0.4, 0.5) is 0 Å². The lowest BCUT2D eigenvalue weighted by Crippen LogP contribution is -2.46. The largest absolute Gasteiger partial charge is 0.293 e. The summed E-state index contributed by atoms with van der Waals surface area (Å²) < 4.78 is 0. The first-order chi connectivity index (χ1) is 10.4. The quantitative estimate of drug-likeness (QED) is 0.486. The highest BCUT2D eigenvalue weighted by molar-refractivity contribution is 6.25. The Hall–Kier alpha value is -2.40. The van der Waals surface area contributed by atoms with Crippen molar-refractivity contribution in [1.82, 2.24) is 0 Å². The highest BCUT2D eigenvalue weighted by atomic mass is 16.1. The zero-order chi connectivity index (χ0) is 16.5. The number of hydrogen-bond donors (Lipinski definition) is 0. The van der Waals surface area contributed by atoms with Gasteiger partial charge in [0.25, 0.3) is 0 Å². The number of rotatable bonds is 0. The van der Waals surface area contributed by atoms with Gasteiger partial charge in [-0.3, -0.25) is 9.79 Å². The molecule has 0 bridgehead atoms. The molecule has 1 heterocycles. The monoisotopic (exact) mass is 291 g/mol. The maximum Gasteiger partial charge on any atom is 0.178 e. The highest BCUT2D eigenvalue weighted by Crippen LogP contribution is 2.44. The number of hydrogen-bond acceptors (Lipinski definition) is 2. The number of carbonyl (C=O) groups excluding carboxylic acids is 1. The number of terminal acetylenes is 1. The number of aliphatic imine (C=N–C) groups is 1. The van der Waals surface area contributed by atoms with Crippen molar-refractivity contribution in [1.29, 1.82) is 0 Å². The first-order valence-electron chi connectivity index (χ1n) is 7.37. The fourth-order valence-corrected chi connectivity index (χ4v) is 3.00. The minimum atomic E-state index is -0.747. The summed E-state index contributed by atoms with van der Waals surface area (Å²) in [5.41, 5.74) is 2.95. The number of Topliss-reactive ketones (excluding diaryl/α,β-unsaturated/α-hetero) is 1. The van der Waals surface area contributed by atoms with Crippen LogP contribution in [-0.2, 0) is 4.79 Å². The van der Waals surface area contributed by atoms with E-state index in [1.54, 1.807) is 0 Å². The van der Waals surface area contributed by atoms with Crippen molar-refractivity contribution >= 4 is 11.5 Å². The second-order valence-corrected chi connectivity index (χ2v) is 5.98. The third-order valence-electron chi connectivity index (χ3n) is 4.52. The molecule has 0 N–H and O–H groups in total. The standard InChI is InChI=1S/C20H21NO/c1-7-9-16-17(8-2)21-18-14(4)12-13(3)10-11-15(5)20(18,6)19(16)22/h1,8-11,15H,3-4,12H2,2,5-6H3/b11-10-,16-9+,17-8+/t15-,20?/m1/s1. The molecule has 2 aliphatic rings. The Morgan fingerprint density at radius 1 is 1.50 bits per heavy atom. The van der Waals surface area contributed by atoms with Crippen LogP contribution in [-0.4, -0.2) is 11.5 Å². The van der Waals surface area contributed by atoms with Gasteiger partial charge in [-0.1, -0.05) is 49.8 Å². The molecule has 0 saturated heterocycles. The van der Waals surface area contributed by atoms with Crippen LogP contribution < -0.4 is 0 Å². The lowest BCUT2D eigenvalue weighted by molar-refractivity contribution is -0.122. The maximum absolute atomic E-state index is 13.2. The molecule has 2 atom stereocenters. The molecule has 1 unspecified atom stereocenters. The van der Waals surface area contributed by atoms with Crippen molar-refractivity contribution in [2.24, 2.45) is 16.3 Å². The molecule has 112 valence electrons. The number of carbonyl (C=O) groups is 1. The van der Waals surface area contributed by atoms with Crippen molar-refractivity contribution in [3.05, 3.63) is 59.9 Å². The van der Waals surface area contributed by atoms with Crippen LogP contribution in [0.2, 0.25) is 0 Å². The molecular formula is C20H21NO. The van der Waals surface area contributed by atoms with Crippen LogP contribution >= 0.6 is 0 Å². The molecule has 2 heteroatoms. The fourth-order valence-electron chi connectivity index (χ4n) is 3.00. The van der Waals surface area contributed by atoms with Crippen LogP contribution in [0.25, 0.3) is 0 Å². The Morgan fingerprint density at radius 3 is 2.77 bits per heavy atom. The normalized spacial score (nSPS) is 33.8. The molecule has 0 amide bonds. The molecule has 1 aliphatic heterocycles. The summed E-state index contributed by atoms with van der Waals surface area (Å²) in [6, 6.07) is 0. The molecule has 0 radical (unpaired) electrons. The summed E-state index contributed by atoms with van der Waals surface area (Å²) in [5, 5.41) is 0. The van der Waals surface area contributed by atoms with Gasteiger partial charge in [-0.15, -0.1) is 6.42 Å². The van der Waals surface area contributed by atoms with E-state index in [4.69, 9.17) is 11.4 Å². The van der Waals surface area contributed by atoms with Crippen molar-refractivity contribution in [2.45, 2.75) is 27.2 Å². The summed E-state index contributed by atoms with van der Waals surface area (Å²) in [6.45, 7) is 14.0. The van der Waals surface area contributed by atoms with Gasteiger partial charge in [0.05, 0.1) is 22.4 Å². The zero-order valence-electron chi connectivity index (χ0n) is 13.4. The molecule has 0 spiro atoms. The van der Waals surface area contributed by atoms with E-state index < -0.39 is 5.41 Å². The summed E-state index contributed by atoms with van der Waals surface area (Å²) in [4.78, 5) is 17.9. The number of nitrogens with zero attached hydrogens (tertiary/aromatic N) is 1. The van der Waals surface area contributed by atoms with Crippen molar-refractivity contribution in [2.75, 3.05) is 0 Å². The summed E-state index contributed by atoms with van der Waals surface area (Å²) in [6.07, 6.45) is 13.3. The smallest absolute Gasteiger partial charge is 0.178 e. The lowest BCUT2D eigenvalue weighted by Gasteiger charge is -2.40. The molecule has 22 heavy (non-hydrogen) atoms. The van der Waals surface area contributed by atoms with E-state index in [1.807, 2.05) is 39.0 Å². The summed E-state index contributed by atoms with van der Waals surface area (Å²) >= 11 is 0. The van der Waals surface area contributed by atoms with Crippen LogP contribution in [0.1, 0.15) is 27.2 Å². The Bertz CT molecular complexity index is 721. The molecular weight excluding hydrogens is 270 g/mol. The highest BCUT2D eigenvalue weighted by Gasteiger charge is 2.48. The molecule has 0 fully saturated rings. The Labute approximate surface area is 132 Å². The first-order valence-corrected chi connectivity index (χ1v) is 7.37. The Balaban J connectivity index is 2.77. The van der Waals surface area contributed by atoms with E-state index >= 15 is 0 Å². The van der Waals surface area contributed by atoms with Gasteiger partial charge in [-0.25, -0.2) is 0 Å². The zero-order valence-corrected chi connectivity index (χ0v) is 13.4. The third-order valence-corrected chi connectivity index (χ3v) is 4.52. The Kier molecular flexibility index (Phi) is 4.19. The summed E-state index contributed by atoms with van der Waals surface area (Å²) in [5.74, 6) is 2.45. The Morgan fingerprint density at radius 2 is 2.18 bits per heavy atom. The summed E-state index contributed by atoms with van der Waals surface area (Å²) in [7, 11) is 0.